The molecule has 0 bridgehead atoms. The van der Waals surface area contributed by atoms with Crippen molar-refractivity contribution in [3.8, 4) is 0 Å². The highest BCUT2D eigenvalue weighted by Crippen LogP contribution is 2.16. The van der Waals surface area contributed by atoms with Crippen LogP contribution in [-0.2, 0) is 6.42 Å². The lowest BCUT2D eigenvalue weighted by atomic mass is 10.1. The summed E-state index contributed by atoms with van der Waals surface area (Å²) >= 11 is 0. The SMILES string of the molecule is Cc1ncc(N=C(N)N)cc1CCCN(C)C. The van der Waals surface area contributed by atoms with Crippen molar-refractivity contribution in [2.45, 2.75) is 19.8 Å². The van der Waals surface area contributed by atoms with Crippen molar-refractivity contribution in [2.75, 3.05) is 20.6 Å². The van der Waals surface area contributed by atoms with Crippen LogP contribution in [0.2, 0.25) is 0 Å². The fraction of sp³-hybridized carbons (Fsp3) is 0.500. The highest BCUT2D eigenvalue weighted by atomic mass is 15.0. The Morgan fingerprint density at radius 1 is 1.41 bits per heavy atom. The van der Waals surface area contributed by atoms with E-state index in [-0.39, 0.29) is 5.96 Å². The predicted octanol–water partition coefficient (Wildman–Crippen LogP) is 0.789. The van der Waals surface area contributed by atoms with E-state index in [4.69, 9.17) is 11.5 Å². The summed E-state index contributed by atoms with van der Waals surface area (Å²) < 4.78 is 0. The van der Waals surface area contributed by atoms with Gasteiger partial charge < -0.3 is 16.4 Å². The molecule has 0 amide bonds. The van der Waals surface area contributed by atoms with Crippen LogP contribution in [0.25, 0.3) is 0 Å². The minimum atomic E-state index is 0.0647. The zero-order valence-corrected chi connectivity index (χ0v) is 10.8. The molecule has 5 heteroatoms. The quantitative estimate of drug-likeness (QED) is 0.584. The molecule has 94 valence electrons. The molecule has 0 unspecified atom stereocenters. The monoisotopic (exact) mass is 235 g/mol. The molecule has 1 aromatic heterocycles. The third-order valence-corrected chi connectivity index (χ3v) is 2.49. The second kappa shape index (κ2) is 6.20. The minimum absolute atomic E-state index is 0.0647. The van der Waals surface area contributed by atoms with Gasteiger partial charge in [-0.2, -0.15) is 0 Å². The van der Waals surface area contributed by atoms with Crippen molar-refractivity contribution >= 4 is 11.6 Å². The van der Waals surface area contributed by atoms with E-state index in [1.54, 1.807) is 6.20 Å². The lowest BCUT2D eigenvalue weighted by Crippen LogP contribution is -2.21. The van der Waals surface area contributed by atoms with Gasteiger partial charge in [0.25, 0.3) is 0 Å². The van der Waals surface area contributed by atoms with Crippen LogP contribution in [0.5, 0.6) is 0 Å². The average Bonchev–Trinajstić information content (AvgIpc) is 2.21. The number of aromatic nitrogens is 1. The normalized spacial score (nSPS) is 10.6. The molecule has 1 heterocycles. The number of hydrogen-bond acceptors (Lipinski definition) is 3. The van der Waals surface area contributed by atoms with Crippen LogP contribution in [0, 0.1) is 6.92 Å². The van der Waals surface area contributed by atoms with E-state index in [1.807, 2.05) is 13.0 Å². The van der Waals surface area contributed by atoms with Crippen LogP contribution in [0.3, 0.4) is 0 Å². The van der Waals surface area contributed by atoms with E-state index in [2.05, 4.69) is 29.0 Å². The highest BCUT2D eigenvalue weighted by Gasteiger charge is 2.02. The Labute approximate surface area is 103 Å². The van der Waals surface area contributed by atoms with Crippen LogP contribution >= 0.6 is 0 Å². The Balaban J connectivity index is 2.73. The lowest BCUT2D eigenvalue weighted by Gasteiger charge is -2.10. The van der Waals surface area contributed by atoms with Gasteiger partial charge in [0.2, 0.25) is 0 Å². The fourth-order valence-corrected chi connectivity index (χ4v) is 1.62. The molecule has 0 aliphatic rings. The van der Waals surface area contributed by atoms with E-state index < -0.39 is 0 Å². The van der Waals surface area contributed by atoms with Crippen molar-refractivity contribution in [1.29, 1.82) is 0 Å². The standard InChI is InChI=1S/C12H21N5/c1-9-10(5-4-6-17(2)3)7-11(8-15-9)16-12(13)14/h7-8H,4-6H2,1-3H3,(H4,13,14,16). The average molecular weight is 235 g/mol. The molecule has 0 saturated heterocycles. The predicted molar refractivity (Wildman–Crippen MR) is 71.3 cm³/mol. The fourth-order valence-electron chi connectivity index (χ4n) is 1.62. The zero-order chi connectivity index (χ0) is 12.8. The molecule has 0 fully saturated rings. The second-order valence-corrected chi connectivity index (χ2v) is 4.38. The van der Waals surface area contributed by atoms with Gasteiger partial charge in [-0.25, -0.2) is 4.99 Å². The Morgan fingerprint density at radius 3 is 2.71 bits per heavy atom. The first-order valence-electron chi connectivity index (χ1n) is 5.69. The summed E-state index contributed by atoms with van der Waals surface area (Å²) in [7, 11) is 4.14. The molecule has 0 radical (unpaired) electrons. The second-order valence-electron chi connectivity index (χ2n) is 4.38. The number of aryl methyl sites for hydroxylation is 2. The van der Waals surface area contributed by atoms with Crippen molar-refractivity contribution in [3.05, 3.63) is 23.5 Å². The maximum Gasteiger partial charge on any atom is 0.191 e. The van der Waals surface area contributed by atoms with Crippen molar-refractivity contribution < 1.29 is 0 Å². The number of pyridine rings is 1. The summed E-state index contributed by atoms with van der Waals surface area (Å²) in [6.07, 6.45) is 3.77. The van der Waals surface area contributed by atoms with Gasteiger partial charge in [0.05, 0.1) is 11.9 Å². The molecule has 0 atom stereocenters. The summed E-state index contributed by atoms with van der Waals surface area (Å²) in [4.78, 5) is 10.5. The van der Waals surface area contributed by atoms with Gasteiger partial charge in [-0.1, -0.05) is 0 Å². The number of hydrogen-bond donors (Lipinski definition) is 2. The van der Waals surface area contributed by atoms with E-state index in [0.29, 0.717) is 0 Å². The Bertz CT molecular complexity index is 394. The summed E-state index contributed by atoms with van der Waals surface area (Å²) in [5.41, 5.74) is 13.7. The molecular weight excluding hydrogens is 214 g/mol. The molecule has 5 nitrogen and oxygen atoms in total. The van der Waals surface area contributed by atoms with Crippen molar-refractivity contribution in [1.82, 2.24) is 9.88 Å². The van der Waals surface area contributed by atoms with Gasteiger partial charge in [0, 0.05) is 5.69 Å². The smallest absolute Gasteiger partial charge is 0.191 e. The summed E-state index contributed by atoms with van der Waals surface area (Å²) in [5.74, 6) is 0.0647. The van der Waals surface area contributed by atoms with Gasteiger partial charge in [-0.3, -0.25) is 4.98 Å². The molecule has 17 heavy (non-hydrogen) atoms. The Kier molecular flexibility index (Phi) is 4.90. The molecule has 1 rings (SSSR count). The Morgan fingerprint density at radius 2 is 2.12 bits per heavy atom. The van der Waals surface area contributed by atoms with Gasteiger partial charge in [0.1, 0.15) is 0 Å². The zero-order valence-electron chi connectivity index (χ0n) is 10.8. The maximum atomic E-state index is 5.35. The van der Waals surface area contributed by atoms with Crippen molar-refractivity contribution in [2.24, 2.45) is 16.5 Å². The number of guanidine groups is 1. The molecule has 0 aliphatic heterocycles. The van der Waals surface area contributed by atoms with E-state index in [9.17, 15) is 0 Å². The molecule has 4 N–H and O–H groups in total. The third-order valence-electron chi connectivity index (χ3n) is 2.49. The topological polar surface area (TPSA) is 80.5 Å². The molecule has 0 aromatic carbocycles. The first-order valence-corrected chi connectivity index (χ1v) is 5.69. The number of rotatable bonds is 5. The van der Waals surface area contributed by atoms with Gasteiger partial charge in [-0.05, 0) is 52.0 Å². The van der Waals surface area contributed by atoms with E-state index >= 15 is 0 Å². The van der Waals surface area contributed by atoms with Crippen molar-refractivity contribution in [3.63, 3.8) is 0 Å². The number of nitrogens with zero attached hydrogens (tertiary/aromatic N) is 3. The van der Waals surface area contributed by atoms with Crippen LogP contribution in [0.1, 0.15) is 17.7 Å². The molecular formula is C12H21N5. The summed E-state index contributed by atoms with van der Waals surface area (Å²) in [5, 5.41) is 0. The number of aliphatic imine (C=N–C) groups is 1. The lowest BCUT2D eigenvalue weighted by molar-refractivity contribution is 0.400. The molecule has 0 saturated carbocycles. The molecule has 0 spiro atoms. The maximum absolute atomic E-state index is 5.35. The first kappa shape index (κ1) is 13.4. The van der Waals surface area contributed by atoms with Gasteiger partial charge in [-0.15, -0.1) is 0 Å². The van der Waals surface area contributed by atoms with Crippen LogP contribution in [0.4, 0.5) is 5.69 Å². The van der Waals surface area contributed by atoms with Crippen LogP contribution < -0.4 is 11.5 Å². The van der Waals surface area contributed by atoms with Gasteiger partial charge >= 0.3 is 0 Å². The van der Waals surface area contributed by atoms with E-state index in [1.165, 1.54) is 5.56 Å². The Hall–Kier alpha value is -1.62. The van der Waals surface area contributed by atoms with E-state index in [0.717, 1.165) is 30.8 Å². The molecule has 1 aromatic rings. The highest BCUT2D eigenvalue weighted by molar-refractivity contribution is 5.78. The minimum Gasteiger partial charge on any atom is -0.370 e. The molecule has 0 aliphatic carbocycles. The largest absolute Gasteiger partial charge is 0.370 e. The van der Waals surface area contributed by atoms with Crippen LogP contribution in [0.15, 0.2) is 17.3 Å². The van der Waals surface area contributed by atoms with Gasteiger partial charge in [0.15, 0.2) is 5.96 Å². The third kappa shape index (κ3) is 4.82. The summed E-state index contributed by atoms with van der Waals surface area (Å²) in [6.45, 7) is 3.07. The first-order chi connectivity index (χ1) is 7.99. The number of nitrogens with two attached hydrogens (primary N) is 2. The van der Waals surface area contributed by atoms with Crippen LogP contribution in [-0.4, -0.2) is 36.5 Å². The summed E-state index contributed by atoms with van der Waals surface area (Å²) in [6, 6.07) is 2.00.